The van der Waals surface area contributed by atoms with E-state index < -0.39 is 0 Å². The maximum atomic E-state index is 12.3. The van der Waals surface area contributed by atoms with E-state index in [1.807, 2.05) is 17.5 Å². The summed E-state index contributed by atoms with van der Waals surface area (Å²) in [5, 5.41) is 14.9. The number of carbonyl (C=O) groups excluding carboxylic acids is 2. The van der Waals surface area contributed by atoms with E-state index in [9.17, 15) is 14.9 Å². The van der Waals surface area contributed by atoms with Crippen LogP contribution >= 0.6 is 22.7 Å². The molecule has 1 saturated heterocycles. The van der Waals surface area contributed by atoms with Crippen molar-refractivity contribution < 1.29 is 19.1 Å². The number of hydrogen-bond donors (Lipinski definition) is 1. The predicted octanol–water partition coefficient (Wildman–Crippen LogP) is 3.66. The van der Waals surface area contributed by atoms with Crippen LogP contribution in [0.1, 0.15) is 27.3 Å². The Bertz CT molecular complexity index is 1000. The van der Waals surface area contributed by atoms with Crippen molar-refractivity contribution in [2.75, 3.05) is 25.5 Å². The number of nitriles is 1. The van der Waals surface area contributed by atoms with Crippen LogP contribution in [-0.4, -0.2) is 49.3 Å². The molecule has 2 amide bonds. The molecule has 2 aromatic heterocycles. The van der Waals surface area contributed by atoms with Crippen molar-refractivity contribution in [3.63, 3.8) is 0 Å². The number of likely N-dealkylation sites (tertiary alicyclic amines) is 1. The number of anilines is 1. The van der Waals surface area contributed by atoms with Crippen LogP contribution in [0.4, 0.5) is 9.80 Å². The first kappa shape index (κ1) is 20.6. The molecule has 1 fully saturated rings. The first-order valence-corrected chi connectivity index (χ1v) is 11.3. The lowest BCUT2D eigenvalue weighted by atomic mass is 9.94. The quantitative estimate of drug-likeness (QED) is 0.712. The molecule has 0 aromatic carbocycles. The zero-order valence-electron chi connectivity index (χ0n) is 16.4. The SMILES string of the molecule is COC1CN(C(=O)OC2CCc3c(sc(NC(=O)C=Cc4cccs4)c3C#N)C2)C1. The van der Waals surface area contributed by atoms with Crippen LogP contribution in [0.3, 0.4) is 0 Å². The van der Waals surface area contributed by atoms with Gasteiger partial charge in [0.2, 0.25) is 5.91 Å². The van der Waals surface area contributed by atoms with Gasteiger partial charge >= 0.3 is 6.09 Å². The van der Waals surface area contributed by atoms with Crippen molar-refractivity contribution in [3.8, 4) is 6.07 Å². The van der Waals surface area contributed by atoms with Crippen molar-refractivity contribution in [1.29, 1.82) is 5.26 Å². The summed E-state index contributed by atoms with van der Waals surface area (Å²) in [6.45, 7) is 1.11. The smallest absolute Gasteiger partial charge is 0.410 e. The third-order valence-electron chi connectivity index (χ3n) is 5.22. The lowest BCUT2D eigenvalue weighted by molar-refractivity contribution is -0.111. The van der Waals surface area contributed by atoms with Gasteiger partial charge < -0.3 is 19.7 Å². The number of rotatable bonds is 5. The summed E-state index contributed by atoms with van der Waals surface area (Å²) in [5.74, 6) is -0.271. The van der Waals surface area contributed by atoms with Crippen molar-refractivity contribution in [2.24, 2.45) is 0 Å². The highest BCUT2D eigenvalue weighted by molar-refractivity contribution is 7.16. The molecule has 0 spiro atoms. The fraction of sp³-hybridized carbons (Fsp3) is 0.381. The minimum Gasteiger partial charge on any atom is -0.446 e. The number of hydrogen-bond acceptors (Lipinski definition) is 7. The Hall–Kier alpha value is -2.67. The zero-order chi connectivity index (χ0) is 21.1. The Morgan fingerprint density at radius 2 is 2.20 bits per heavy atom. The van der Waals surface area contributed by atoms with Crippen LogP contribution in [0.25, 0.3) is 6.08 Å². The van der Waals surface area contributed by atoms with Gasteiger partial charge in [-0.05, 0) is 35.9 Å². The maximum absolute atomic E-state index is 12.3. The molecule has 0 saturated carbocycles. The number of fused-ring (bicyclic) bond motifs is 1. The molecule has 156 valence electrons. The van der Waals surface area contributed by atoms with Gasteiger partial charge in [0.15, 0.2) is 0 Å². The van der Waals surface area contributed by atoms with E-state index in [1.54, 1.807) is 29.4 Å². The average molecular weight is 444 g/mol. The van der Waals surface area contributed by atoms with Crippen LogP contribution in [-0.2, 0) is 27.1 Å². The summed E-state index contributed by atoms with van der Waals surface area (Å²) in [6, 6.07) is 6.07. The third kappa shape index (κ3) is 4.41. The van der Waals surface area contributed by atoms with Gasteiger partial charge in [0, 0.05) is 29.4 Å². The second-order valence-corrected chi connectivity index (χ2v) is 9.25. The van der Waals surface area contributed by atoms with Gasteiger partial charge in [-0.25, -0.2) is 4.79 Å². The normalized spacial score (nSPS) is 18.5. The first-order valence-electron chi connectivity index (χ1n) is 9.63. The molecule has 0 radical (unpaired) electrons. The van der Waals surface area contributed by atoms with Gasteiger partial charge in [-0.1, -0.05) is 6.07 Å². The molecule has 7 nitrogen and oxygen atoms in total. The predicted molar refractivity (Wildman–Crippen MR) is 116 cm³/mol. The van der Waals surface area contributed by atoms with Crippen LogP contribution in [0.15, 0.2) is 23.6 Å². The molecule has 1 atom stereocenters. The number of nitrogens with zero attached hydrogens (tertiary/aromatic N) is 2. The summed E-state index contributed by atoms with van der Waals surface area (Å²) in [7, 11) is 1.63. The van der Waals surface area contributed by atoms with Crippen LogP contribution < -0.4 is 5.32 Å². The van der Waals surface area contributed by atoms with E-state index in [0.717, 1.165) is 15.3 Å². The van der Waals surface area contributed by atoms with Gasteiger partial charge in [-0.2, -0.15) is 5.26 Å². The van der Waals surface area contributed by atoms with E-state index in [1.165, 1.54) is 17.4 Å². The van der Waals surface area contributed by atoms with Gasteiger partial charge in [-0.15, -0.1) is 22.7 Å². The van der Waals surface area contributed by atoms with E-state index in [4.69, 9.17) is 9.47 Å². The molecule has 2 aliphatic rings. The molecule has 0 bridgehead atoms. The van der Waals surface area contributed by atoms with Gasteiger partial charge in [0.1, 0.15) is 17.2 Å². The maximum Gasteiger partial charge on any atom is 0.410 e. The van der Waals surface area contributed by atoms with Crippen molar-refractivity contribution >= 4 is 45.8 Å². The number of thiophene rings is 2. The molecular formula is C21H21N3O4S2. The van der Waals surface area contributed by atoms with Gasteiger partial charge in [-0.3, -0.25) is 4.79 Å². The van der Waals surface area contributed by atoms with E-state index in [0.29, 0.717) is 42.9 Å². The number of carbonyl (C=O) groups is 2. The molecule has 4 rings (SSSR count). The van der Waals surface area contributed by atoms with Crippen LogP contribution in [0, 0.1) is 11.3 Å². The first-order chi connectivity index (χ1) is 14.6. The highest BCUT2D eigenvalue weighted by atomic mass is 32.1. The molecule has 2 aromatic rings. The molecule has 1 aliphatic heterocycles. The fourth-order valence-electron chi connectivity index (χ4n) is 3.51. The molecule has 1 N–H and O–H groups in total. The number of methoxy groups -OCH3 is 1. The Labute approximate surface area is 182 Å². The Morgan fingerprint density at radius 3 is 2.90 bits per heavy atom. The highest BCUT2D eigenvalue weighted by Crippen LogP contribution is 2.38. The van der Waals surface area contributed by atoms with Crippen molar-refractivity contribution in [3.05, 3.63) is 44.5 Å². The number of amides is 2. The molecular weight excluding hydrogens is 422 g/mol. The second-order valence-electron chi connectivity index (χ2n) is 7.17. The lowest BCUT2D eigenvalue weighted by Crippen LogP contribution is -2.55. The van der Waals surface area contributed by atoms with Crippen LogP contribution in [0.5, 0.6) is 0 Å². The second kappa shape index (κ2) is 9.00. The molecule has 3 heterocycles. The van der Waals surface area contributed by atoms with Crippen molar-refractivity contribution in [2.45, 2.75) is 31.5 Å². The van der Waals surface area contributed by atoms with Gasteiger partial charge in [0.05, 0.1) is 24.8 Å². The zero-order valence-corrected chi connectivity index (χ0v) is 18.1. The van der Waals surface area contributed by atoms with E-state index in [2.05, 4.69) is 11.4 Å². The summed E-state index contributed by atoms with van der Waals surface area (Å²) in [4.78, 5) is 28.1. The lowest BCUT2D eigenvalue weighted by Gasteiger charge is -2.38. The van der Waals surface area contributed by atoms with Crippen molar-refractivity contribution in [1.82, 2.24) is 4.90 Å². The largest absolute Gasteiger partial charge is 0.446 e. The minimum absolute atomic E-state index is 0.0889. The third-order valence-corrected chi connectivity index (χ3v) is 7.23. The Morgan fingerprint density at radius 1 is 1.37 bits per heavy atom. The number of nitrogens with one attached hydrogen (secondary N) is 1. The molecule has 1 aliphatic carbocycles. The molecule has 9 heteroatoms. The number of ether oxygens (including phenoxy) is 2. The van der Waals surface area contributed by atoms with E-state index >= 15 is 0 Å². The Kier molecular flexibility index (Phi) is 6.18. The van der Waals surface area contributed by atoms with Crippen LogP contribution in [0.2, 0.25) is 0 Å². The average Bonchev–Trinajstić information content (AvgIpc) is 3.32. The highest BCUT2D eigenvalue weighted by Gasteiger charge is 2.34. The van der Waals surface area contributed by atoms with E-state index in [-0.39, 0.29) is 24.2 Å². The monoisotopic (exact) mass is 443 g/mol. The van der Waals surface area contributed by atoms with Gasteiger partial charge in [0.25, 0.3) is 0 Å². The molecule has 1 unspecified atom stereocenters. The Balaban J connectivity index is 1.39. The summed E-state index contributed by atoms with van der Waals surface area (Å²) in [6.07, 6.45) is 4.63. The summed E-state index contributed by atoms with van der Waals surface area (Å²) in [5.41, 5.74) is 1.47. The minimum atomic E-state index is -0.318. The fourth-order valence-corrected chi connectivity index (χ4v) is 5.40. The standard InChI is InChI=1S/C21H21N3O4S2/c1-27-14-11-24(12-14)21(26)28-13-4-6-16-17(10-22)20(30-18(16)9-13)23-19(25)7-5-15-3-2-8-29-15/h2-3,5,7-8,13-14H,4,6,9,11-12H2,1H3,(H,23,25). The topological polar surface area (TPSA) is 91.7 Å². The molecule has 30 heavy (non-hydrogen) atoms. The summed E-state index contributed by atoms with van der Waals surface area (Å²) >= 11 is 2.94. The summed E-state index contributed by atoms with van der Waals surface area (Å²) < 4.78 is 10.8.